The molecule has 0 aliphatic heterocycles. The zero-order chi connectivity index (χ0) is 13.2. The molecule has 0 bridgehead atoms. The van der Waals surface area contributed by atoms with Crippen LogP contribution in [0.25, 0.3) is 0 Å². The molecular formula is C9H15N3O4S. The molecule has 8 heteroatoms. The molecular weight excluding hydrogens is 246 g/mol. The number of H-pyrrole nitrogens is 1. The Labute approximate surface area is 98.3 Å². The van der Waals surface area contributed by atoms with Gasteiger partial charge >= 0.3 is 5.69 Å². The van der Waals surface area contributed by atoms with E-state index in [2.05, 4.69) is 0 Å². The van der Waals surface area contributed by atoms with Crippen molar-refractivity contribution in [1.29, 1.82) is 0 Å². The smallest absolute Gasteiger partial charge is 0.299 e. The average molecular weight is 261 g/mol. The molecule has 0 amide bonds. The number of rotatable bonds is 4. The van der Waals surface area contributed by atoms with Gasteiger partial charge in [-0.15, -0.1) is 0 Å². The van der Waals surface area contributed by atoms with Crippen LogP contribution >= 0.6 is 0 Å². The second kappa shape index (κ2) is 4.84. The fourth-order valence-electron chi connectivity index (χ4n) is 1.29. The Morgan fingerprint density at radius 1 is 1.47 bits per heavy atom. The van der Waals surface area contributed by atoms with Crippen molar-refractivity contribution in [2.24, 2.45) is 11.1 Å². The summed E-state index contributed by atoms with van der Waals surface area (Å²) in [5, 5.41) is 4.88. The van der Waals surface area contributed by atoms with Gasteiger partial charge in [-0.3, -0.25) is 14.3 Å². The maximum atomic E-state index is 11.4. The maximum absolute atomic E-state index is 11.4. The normalized spacial score (nSPS) is 13.6. The van der Waals surface area contributed by atoms with Gasteiger partial charge in [0.1, 0.15) is 0 Å². The van der Waals surface area contributed by atoms with Crippen LogP contribution in [0, 0.1) is 5.92 Å². The Bertz CT molecular complexity index is 614. The highest BCUT2D eigenvalue weighted by Gasteiger charge is 2.16. The van der Waals surface area contributed by atoms with E-state index in [0.717, 1.165) is 17.2 Å². The first-order valence-electron chi connectivity index (χ1n) is 5.12. The number of aromatic amines is 1. The monoisotopic (exact) mass is 261 g/mol. The minimum absolute atomic E-state index is 0.187. The van der Waals surface area contributed by atoms with Crippen LogP contribution in [-0.2, 0) is 16.6 Å². The van der Waals surface area contributed by atoms with Gasteiger partial charge in [0.25, 0.3) is 5.56 Å². The van der Waals surface area contributed by atoms with Crippen molar-refractivity contribution in [2.45, 2.75) is 31.7 Å². The Balaban J connectivity index is 3.35. The Morgan fingerprint density at radius 2 is 2.06 bits per heavy atom. The SMILES string of the molecule is CCC(C)Cn1cc(S(N)(=O)=O)c(=O)[nH]c1=O. The summed E-state index contributed by atoms with van der Waals surface area (Å²) >= 11 is 0. The van der Waals surface area contributed by atoms with Crippen molar-refractivity contribution in [2.75, 3.05) is 0 Å². The predicted molar refractivity (Wildman–Crippen MR) is 62.2 cm³/mol. The molecule has 0 saturated carbocycles. The number of primary sulfonamides is 1. The highest BCUT2D eigenvalue weighted by atomic mass is 32.2. The average Bonchev–Trinajstić information content (AvgIpc) is 2.19. The summed E-state index contributed by atoms with van der Waals surface area (Å²) in [5.74, 6) is 0.187. The van der Waals surface area contributed by atoms with Crippen LogP contribution in [0.15, 0.2) is 20.7 Å². The van der Waals surface area contributed by atoms with E-state index in [1.54, 1.807) is 0 Å². The number of nitrogens with two attached hydrogens (primary N) is 1. The summed E-state index contributed by atoms with van der Waals surface area (Å²) in [7, 11) is -4.12. The number of nitrogens with one attached hydrogen (secondary N) is 1. The molecule has 7 nitrogen and oxygen atoms in total. The van der Waals surface area contributed by atoms with E-state index >= 15 is 0 Å². The quantitative estimate of drug-likeness (QED) is 0.740. The van der Waals surface area contributed by atoms with Gasteiger partial charge in [-0.1, -0.05) is 20.3 Å². The molecule has 0 radical (unpaired) electrons. The van der Waals surface area contributed by atoms with E-state index in [1.807, 2.05) is 18.8 Å². The van der Waals surface area contributed by atoms with Gasteiger partial charge in [-0.05, 0) is 5.92 Å². The standard InChI is InChI=1S/C9H15N3O4S/c1-3-6(2)4-12-5-7(17(10,15)16)8(13)11-9(12)14/h5-6H,3-4H2,1-2H3,(H2,10,15,16)(H,11,13,14). The van der Waals surface area contributed by atoms with Crippen molar-refractivity contribution < 1.29 is 8.42 Å². The van der Waals surface area contributed by atoms with Crippen LogP contribution < -0.4 is 16.4 Å². The molecule has 96 valence electrons. The number of hydrogen-bond donors (Lipinski definition) is 2. The lowest BCUT2D eigenvalue weighted by molar-refractivity contribution is 0.449. The van der Waals surface area contributed by atoms with E-state index in [0.29, 0.717) is 6.54 Å². The first-order chi connectivity index (χ1) is 7.75. The summed E-state index contributed by atoms with van der Waals surface area (Å²) in [6.45, 7) is 4.19. The second-order valence-corrected chi connectivity index (χ2v) is 5.49. The molecule has 3 N–H and O–H groups in total. The Morgan fingerprint density at radius 3 is 2.53 bits per heavy atom. The summed E-state index contributed by atoms with van der Waals surface area (Å²) in [5.41, 5.74) is -1.62. The van der Waals surface area contributed by atoms with Gasteiger partial charge in [-0.25, -0.2) is 18.4 Å². The fraction of sp³-hybridized carbons (Fsp3) is 0.556. The molecule has 17 heavy (non-hydrogen) atoms. The van der Waals surface area contributed by atoms with Crippen LogP contribution in [0.5, 0.6) is 0 Å². The van der Waals surface area contributed by atoms with Crippen LogP contribution in [0.3, 0.4) is 0 Å². The Hall–Kier alpha value is -1.41. The van der Waals surface area contributed by atoms with E-state index in [4.69, 9.17) is 5.14 Å². The highest BCUT2D eigenvalue weighted by molar-refractivity contribution is 7.89. The molecule has 0 aromatic carbocycles. The topological polar surface area (TPSA) is 115 Å². The third-order valence-electron chi connectivity index (χ3n) is 2.49. The molecule has 1 unspecified atom stereocenters. The van der Waals surface area contributed by atoms with Crippen molar-refractivity contribution in [3.63, 3.8) is 0 Å². The van der Waals surface area contributed by atoms with Gasteiger partial charge < -0.3 is 0 Å². The summed E-state index contributed by atoms with van der Waals surface area (Å²) in [6, 6.07) is 0. The minimum Gasteiger partial charge on any atom is -0.299 e. The van der Waals surface area contributed by atoms with Gasteiger partial charge in [0.05, 0.1) is 0 Å². The second-order valence-electron chi connectivity index (χ2n) is 3.96. The number of hydrogen-bond acceptors (Lipinski definition) is 4. The van der Waals surface area contributed by atoms with Gasteiger partial charge in [0.15, 0.2) is 4.90 Å². The third kappa shape index (κ3) is 3.27. The molecule has 1 aromatic heterocycles. The van der Waals surface area contributed by atoms with E-state index in [9.17, 15) is 18.0 Å². The molecule has 0 aliphatic carbocycles. The fourth-order valence-corrected chi connectivity index (χ4v) is 1.88. The zero-order valence-corrected chi connectivity index (χ0v) is 10.5. The van der Waals surface area contributed by atoms with E-state index < -0.39 is 26.2 Å². The van der Waals surface area contributed by atoms with E-state index in [-0.39, 0.29) is 5.92 Å². The molecule has 0 spiro atoms. The highest BCUT2D eigenvalue weighted by Crippen LogP contribution is 2.04. The number of aromatic nitrogens is 2. The lowest BCUT2D eigenvalue weighted by Gasteiger charge is -2.11. The summed E-state index contributed by atoms with van der Waals surface area (Å²) in [6.07, 6.45) is 1.82. The van der Waals surface area contributed by atoms with Crippen LogP contribution in [0.2, 0.25) is 0 Å². The van der Waals surface area contributed by atoms with Gasteiger partial charge in [0, 0.05) is 12.7 Å². The lowest BCUT2D eigenvalue weighted by Crippen LogP contribution is -2.35. The van der Waals surface area contributed by atoms with Crippen molar-refractivity contribution >= 4 is 10.0 Å². The summed E-state index contributed by atoms with van der Waals surface area (Å²) in [4.78, 5) is 24.0. The van der Waals surface area contributed by atoms with Gasteiger partial charge in [-0.2, -0.15) is 0 Å². The molecule has 1 rings (SSSR count). The third-order valence-corrected chi connectivity index (χ3v) is 3.39. The van der Waals surface area contributed by atoms with Crippen molar-refractivity contribution in [1.82, 2.24) is 9.55 Å². The zero-order valence-electron chi connectivity index (χ0n) is 9.63. The number of sulfonamides is 1. The molecule has 1 heterocycles. The lowest BCUT2D eigenvalue weighted by atomic mass is 10.1. The predicted octanol–water partition coefficient (Wildman–Crippen LogP) is -0.770. The molecule has 1 aromatic rings. The molecule has 1 atom stereocenters. The van der Waals surface area contributed by atoms with Gasteiger partial charge in [0.2, 0.25) is 10.0 Å². The van der Waals surface area contributed by atoms with Crippen LogP contribution in [0.1, 0.15) is 20.3 Å². The van der Waals surface area contributed by atoms with Crippen molar-refractivity contribution in [3.05, 3.63) is 27.0 Å². The first-order valence-corrected chi connectivity index (χ1v) is 6.67. The van der Waals surface area contributed by atoms with Crippen LogP contribution in [-0.4, -0.2) is 18.0 Å². The first kappa shape index (κ1) is 13.7. The minimum atomic E-state index is -4.12. The van der Waals surface area contributed by atoms with Crippen LogP contribution in [0.4, 0.5) is 0 Å². The molecule has 0 saturated heterocycles. The van der Waals surface area contributed by atoms with E-state index in [1.165, 1.54) is 0 Å². The summed E-state index contributed by atoms with van der Waals surface area (Å²) < 4.78 is 23.4. The maximum Gasteiger partial charge on any atom is 0.328 e. The molecule has 0 fully saturated rings. The Kier molecular flexibility index (Phi) is 3.89. The van der Waals surface area contributed by atoms with Crippen molar-refractivity contribution in [3.8, 4) is 0 Å². The number of nitrogens with zero attached hydrogens (tertiary/aromatic N) is 1. The molecule has 0 aliphatic rings. The largest absolute Gasteiger partial charge is 0.328 e.